The molecule has 6 heteroatoms. The van der Waals surface area contributed by atoms with Gasteiger partial charge in [-0.25, -0.2) is 9.78 Å². The molecule has 1 N–H and O–H groups in total. The molecule has 1 aromatic rings. The van der Waals surface area contributed by atoms with Gasteiger partial charge in [0, 0.05) is 25.6 Å². The van der Waals surface area contributed by atoms with Gasteiger partial charge in [-0.3, -0.25) is 9.69 Å². The normalized spacial score (nSPS) is 19.9. The van der Waals surface area contributed by atoms with Crippen LogP contribution in [0.15, 0.2) is 18.3 Å². The van der Waals surface area contributed by atoms with Crippen molar-refractivity contribution in [3.05, 3.63) is 29.0 Å². The van der Waals surface area contributed by atoms with Crippen molar-refractivity contribution in [2.24, 2.45) is 0 Å². The zero-order chi connectivity index (χ0) is 13.1. The quantitative estimate of drug-likeness (QED) is 0.833. The van der Waals surface area contributed by atoms with E-state index in [4.69, 9.17) is 16.7 Å². The minimum atomic E-state index is -1.05. The number of aromatic nitrogens is 1. The molecule has 2 heterocycles. The minimum absolute atomic E-state index is 0.0291. The van der Waals surface area contributed by atoms with E-state index < -0.39 is 12.1 Å². The molecule has 1 aromatic heterocycles. The summed E-state index contributed by atoms with van der Waals surface area (Å²) in [6, 6.07) is 2.80. The number of pyridine rings is 1. The lowest BCUT2D eigenvalue weighted by atomic mass is 9.95. The fraction of sp³-hybridized carbons (Fsp3) is 0.417. The summed E-state index contributed by atoms with van der Waals surface area (Å²) < 4.78 is 0. The van der Waals surface area contributed by atoms with Crippen molar-refractivity contribution >= 4 is 23.5 Å². The molecule has 96 valence electrons. The van der Waals surface area contributed by atoms with Crippen LogP contribution in [0.25, 0.3) is 0 Å². The maximum absolute atomic E-state index is 11.8. The van der Waals surface area contributed by atoms with Crippen molar-refractivity contribution in [2.75, 3.05) is 6.54 Å². The first-order chi connectivity index (χ1) is 8.58. The Morgan fingerprint density at radius 3 is 2.94 bits per heavy atom. The zero-order valence-electron chi connectivity index (χ0n) is 9.67. The number of likely N-dealkylation sites (tertiary alicyclic amines) is 1. The van der Waals surface area contributed by atoms with Crippen molar-refractivity contribution in [2.45, 2.75) is 25.3 Å². The molecule has 1 unspecified atom stereocenters. The van der Waals surface area contributed by atoms with Crippen LogP contribution in [0.2, 0.25) is 5.15 Å². The topological polar surface area (TPSA) is 70.5 Å². The lowest BCUT2D eigenvalue weighted by Crippen LogP contribution is -2.49. The van der Waals surface area contributed by atoms with Gasteiger partial charge < -0.3 is 5.11 Å². The van der Waals surface area contributed by atoms with E-state index in [0.717, 1.165) is 5.56 Å². The van der Waals surface area contributed by atoms with Gasteiger partial charge in [0.15, 0.2) is 5.78 Å². The Kier molecular flexibility index (Phi) is 3.81. The fourth-order valence-electron chi connectivity index (χ4n) is 2.12. The van der Waals surface area contributed by atoms with Gasteiger partial charge in [0.25, 0.3) is 0 Å². The summed E-state index contributed by atoms with van der Waals surface area (Å²) >= 11 is 5.68. The SMILES string of the molecule is O=C1CCCN(C(=O)O)C1Cc1ccc(Cl)nc1. The third kappa shape index (κ3) is 2.79. The molecule has 1 saturated heterocycles. The van der Waals surface area contributed by atoms with E-state index in [9.17, 15) is 9.59 Å². The van der Waals surface area contributed by atoms with Crippen molar-refractivity contribution in [1.82, 2.24) is 9.88 Å². The van der Waals surface area contributed by atoms with Gasteiger partial charge in [-0.15, -0.1) is 0 Å². The Bertz CT molecular complexity index is 461. The molecule has 0 aromatic carbocycles. The van der Waals surface area contributed by atoms with Crippen LogP contribution >= 0.6 is 11.6 Å². The number of carbonyl (C=O) groups excluding carboxylic acids is 1. The van der Waals surface area contributed by atoms with Gasteiger partial charge in [-0.2, -0.15) is 0 Å². The number of carbonyl (C=O) groups is 2. The number of Topliss-reactive ketones (excluding diaryl/α,β-unsaturated/α-hetero) is 1. The van der Waals surface area contributed by atoms with Crippen LogP contribution in [0.5, 0.6) is 0 Å². The van der Waals surface area contributed by atoms with E-state index in [1.54, 1.807) is 18.3 Å². The highest BCUT2D eigenvalue weighted by molar-refractivity contribution is 6.29. The van der Waals surface area contributed by atoms with Gasteiger partial charge in [0.05, 0.1) is 6.04 Å². The van der Waals surface area contributed by atoms with Crippen LogP contribution in [0, 0.1) is 0 Å². The summed E-state index contributed by atoms with van der Waals surface area (Å²) in [5, 5.41) is 9.46. The third-order valence-electron chi connectivity index (χ3n) is 3.03. The maximum atomic E-state index is 11.8. The number of hydrogen-bond donors (Lipinski definition) is 1. The van der Waals surface area contributed by atoms with Gasteiger partial charge >= 0.3 is 6.09 Å². The average Bonchev–Trinajstić information content (AvgIpc) is 2.34. The summed E-state index contributed by atoms with van der Waals surface area (Å²) in [5.41, 5.74) is 0.811. The second-order valence-electron chi connectivity index (χ2n) is 4.25. The Hall–Kier alpha value is -1.62. The molecule has 1 atom stereocenters. The number of nitrogens with zero attached hydrogens (tertiary/aromatic N) is 2. The standard InChI is InChI=1S/C12H13ClN2O3/c13-11-4-3-8(7-14-11)6-9-10(16)2-1-5-15(9)12(17)18/h3-4,7,9H,1-2,5-6H2,(H,17,18). The summed E-state index contributed by atoms with van der Waals surface area (Å²) in [4.78, 5) is 28.1. The van der Waals surface area contributed by atoms with Gasteiger partial charge in [0.2, 0.25) is 0 Å². The summed E-state index contributed by atoms with van der Waals surface area (Å²) in [6.45, 7) is 0.409. The second kappa shape index (κ2) is 5.35. The molecule has 1 fully saturated rings. The maximum Gasteiger partial charge on any atom is 0.407 e. The lowest BCUT2D eigenvalue weighted by Gasteiger charge is -2.32. The molecule has 1 aliphatic rings. The summed E-state index contributed by atoms with van der Waals surface area (Å²) in [7, 11) is 0. The van der Waals surface area contributed by atoms with Crippen molar-refractivity contribution < 1.29 is 14.7 Å². The molecular weight excluding hydrogens is 256 g/mol. The van der Waals surface area contributed by atoms with Crippen LogP contribution in [-0.4, -0.2) is 39.5 Å². The van der Waals surface area contributed by atoms with Crippen LogP contribution in [0.1, 0.15) is 18.4 Å². The Labute approximate surface area is 109 Å². The predicted octanol–water partition coefficient (Wildman–Crippen LogP) is 1.99. The van der Waals surface area contributed by atoms with E-state index in [-0.39, 0.29) is 5.78 Å². The third-order valence-corrected chi connectivity index (χ3v) is 3.26. The number of carboxylic acid groups (broad SMARTS) is 1. The highest BCUT2D eigenvalue weighted by atomic mass is 35.5. The van der Waals surface area contributed by atoms with Crippen molar-refractivity contribution in [3.63, 3.8) is 0 Å². The van der Waals surface area contributed by atoms with Crippen LogP contribution in [-0.2, 0) is 11.2 Å². The number of piperidine rings is 1. The van der Waals surface area contributed by atoms with Gasteiger partial charge in [0.1, 0.15) is 5.15 Å². The molecule has 0 saturated carbocycles. The second-order valence-corrected chi connectivity index (χ2v) is 4.64. The number of hydrogen-bond acceptors (Lipinski definition) is 3. The monoisotopic (exact) mass is 268 g/mol. The Morgan fingerprint density at radius 2 is 2.33 bits per heavy atom. The molecule has 2 rings (SSSR count). The highest BCUT2D eigenvalue weighted by Crippen LogP contribution is 2.18. The van der Waals surface area contributed by atoms with E-state index >= 15 is 0 Å². The van der Waals surface area contributed by atoms with Crippen molar-refractivity contribution in [1.29, 1.82) is 0 Å². The summed E-state index contributed by atoms with van der Waals surface area (Å²) in [5.74, 6) is -0.0291. The first-order valence-electron chi connectivity index (χ1n) is 5.70. The highest BCUT2D eigenvalue weighted by Gasteiger charge is 2.32. The molecule has 0 aliphatic carbocycles. The van der Waals surface area contributed by atoms with Gasteiger partial charge in [-0.05, 0) is 18.1 Å². The fourth-order valence-corrected chi connectivity index (χ4v) is 2.24. The Morgan fingerprint density at radius 1 is 1.56 bits per heavy atom. The van der Waals surface area contributed by atoms with E-state index in [0.29, 0.717) is 31.0 Å². The molecule has 5 nitrogen and oxygen atoms in total. The first-order valence-corrected chi connectivity index (χ1v) is 6.08. The van der Waals surface area contributed by atoms with Crippen LogP contribution in [0.3, 0.4) is 0 Å². The number of halogens is 1. The zero-order valence-corrected chi connectivity index (χ0v) is 10.4. The average molecular weight is 269 g/mol. The number of rotatable bonds is 2. The molecule has 0 bridgehead atoms. The Balaban J connectivity index is 2.15. The predicted molar refractivity (Wildman–Crippen MR) is 65.7 cm³/mol. The van der Waals surface area contributed by atoms with E-state index in [1.165, 1.54) is 4.90 Å². The lowest BCUT2D eigenvalue weighted by molar-refractivity contribution is -0.126. The smallest absolute Gasteiger partial charge is 0.407 e. The van der Waals surface area contributed by atoms with E-state index in [1.807, 2.05) is 0 Å². The molecule has 1 aliphatic heterocycles. The number of amides is 1. The van der Waals surface area contributed by atoms with Crippen LogP contribution < -0.4 is 0 Å². The molecule has 0 radical (unpaired) electrons. The minimum Gasteiger partial charge on any atom is -0.465 e. The van der Waals surface area contributed by atoms with Crippen molar-refractivity contribution in [3.8, 4) is 0 Å². The molecule has 18 heavy (non-hydrogen) atoms. The van der Waals surface area contributed by atoms with Gasteiger partial charge in [-0.1, -0.05) is 17.7 Å². The first kappa shape index (κ1) is 12.8. The van der Waals surface area contributed by atoms with E-state index in [2.05, 4.69) is 4.98 Å². The number of ketones is 1. The van der Waals surface area contributed by atoms with Crippen LogP contribution in [0.4, 0.5) is 4.79 Å². The molecule has 1 amide bonds. The summed E-state index contributed by atoms with van der Waals surface area (Å²) in [6.07, 6.45) is 1.92. The molecule has 0 spiro atoms. The molecular formula is C12H13ClN2O3. The largest absolute Gasteiger partial charge is 0.465 e.